The monoisotopic (exact) mass is 372 g/mol. The number of aryl methyl sites for hydroxylation is 1. The number of halogens is 1. The van der Waals surface area contributed by atoms with Gasteiger partial charge in [-0.1, -0.05) is 23.7 Å². The minimum absolute atomic E-state index is 0.123. The third-order valence-corrected chi connectivity index (χ3v) is 4.28. The van der Waals surface area contributed by atoms with E-state index in [1.54, 1.807) is 24.3 Å². The maximum atomic E-state index is 12.2. The van der Waals surface area contributed by atoms with Gasteiger partial charge in [0.25, 0.3) is 5.56 Å². The molecule has 0 saturated heterocycles. The molecular weight excluding hydrogens is 352 g/mol. The number of aromatic amines is 1. The van der Waals surface area contributed by atoms with Crippen molar-refractivity contribution < 1.29 is 9.84 Å². The van der Waals surface area contributed by atoms with Gasteiger partial charge in [-0.3, -0.25) is 4.79 Å². The Kier molecular flexibility index (Phi) is 5.93. The molecule has 6 heteroatoms. The largest absolute Gasteiger partial charge is 0.491 e. The second-order valence-corrected chi connectivity index (χ2v) is 6.70. The zero-order valence-corrected chi connectivity index (χ0v) is 15.2. The van der Waals surface area contributed by atoms with Crippen molar-refractivity contribution in [1.82, 2.24) is 10.3 Å². The summed E-state index contributed by atoms with van der Waals surface area (Å²) in [5, 5.41) is 14.7. The van der Waals surface area contributed by atoms with Crippen LogP contribution in [0.15, 0.2) is 53.3 Å². The van der Waals surface area contributed by atoms with Crippen LogP contribution < -0.4 is 15.6 Å². The first-order valence-electron chi connectivity index (χ1n) is 8.41. The van der Waals surface area contributed by atoms with E-state index >= 15 is 0 Å². The lowest BCUT2D eigenvalue weighted by Gasteiger charge is -2.13. The highest BCUT2D eigenvalue weighted by atomic mass is 35.5. The zero-order chi connectivity index (χ0) is 18.5. The third kappa shape index (κ3) is 4.85. The molecule has 0 saturated carbocycles. The second kappa shape index (κ2) is 8.36. The van der Waals surface area contributed by atoms with Gasteiger partial charge in [0.05, 0.1) is 0 Å². The van der Waals surface area contributed by atoms with Crippen LogP contribution in [0.1, 0.15) is 11.1 Å². The average molecular weight is 373 g/mol. The Morgan fingerprint density at radius 3 is 2.73 bits per heavy atom. The number of benzene rings is 2. The molecule has 0 spiro atoms. The number of aliphatic hydroxyl groups is 1. The average Bonchev–Trinajstić information content (AvgIpc) is 2.62. The molecular formula is C20H21ClN2O3. The van der Waals surface area contributed by atoms with E-state index in [1.165, 1.54) is 0 Å². The quantitative estimate of drug-likeness (QED) is 0.596. The molecule has 0 aliphatic rings. The number of H-pyrrole nitrogens is 1. The number of rotatable bonds is 7. The Morgan fingerprint density at radius 1 is 1.19 bits per heavy atom. The van der Waals surface area contributed by atoms with Crippen molar-refractivity contribution in [1.29, 1.82) is 0 Å². The van der Waals surface area contributed by atoms with Gasteiger partial charge >= 0.3 is 0 Å². The SMILES string of the molecule is Cc1ccc2cc(CNC[C@H](O)COc3ccc(Cl)cc3)c(=O)[nH]c2c1. The van der Waals surface area contributed by atoms with Gasteiger partial charge in [0.1, 0.15) is 18.5 Å². The van der Waals surface area contributed by atoms with Crippen molar-refractivity contribution in [3.8, 4) is 5.75 Å². The van der Waals surface area contributed by atoms with Gasteiger partial charge in [0, 0.05) is 29.2 Å². The molecule has 5 nitrogen and oxygen atoms in total. The maximum Gasteiger partial charge on any atom is 0.252 e. The lowest BCUT2D eigenvalue weighted by molar-refractivity contribution is 0.106. The standard InChI is InChI=1S/C20H21ClN2O3/c1-13-2-3-14-9-15(20(25)23-19(14)8-13)10-22-11-17(24)12-26-18-6-4-16(21)5-7-18/h2-9,17,22,24H,10-12H2,1H3,(H,23,25)/t17-/m0/s1. The van der Waals surface area contributed by atoms with Gasteiger partial charge in [0.15, 0.2) is 0 Å². The summed E-state index contributed by atoms with van der Waals surface area (Å²) in [6.07, 6.45) is -0.687. The summed E-state index contributed by atoms with van der Waals surface area (Å²) in [5.41, 5.74) is 2.44. The first-order valence-corrected chi connectivity index (χ1v) is 8.79. The molecule has 0 amide bonds. The summed E-state index contributed by atoms with van der Waals surface area (Å²) in [5.74, 6) is 0.648. The molecule has 3 rings (SSSR count). The summed E-state index contributed by atoms with van der Waals surface area (Å²) in [6.45, 7) is 2.83. The highest BCUT2D eigenvalue weighted by Gasteiger charge is 2.07. The smallest absolute Gasteiger partial charge is 0.252 e. The molecule has 0 aliphatic carbocycles. The predicted molar refractivity (Wildman–Crippen MR) is 104 cm³/mol. The van der Waals surface area contributed by atoms with Gasteiger partial charge in [0.2, 0.25) is 0 Å². The van der Waals surface area contributed by atoms with Crippen LogP contribution in [0.4, 0.5) is 0 Å². The molecule has 3 aromatic rings. The van der Waals surface area contributed by atoms with Gasteiger partial charge < -0.3 is 20.1 Å². The highest BCUT2D eigenvalue weighted by Crippen LogP contribution is 2.15. The Labute approximate surface area is 156 Å². The Bertz CT molecular complexity index is 938. The lowest BCUT2D eigenvalue weighted by atomic mass is 10.1. The van der Waals surface area contributed by atoms with Gasteiger partial charge in [-0.25, -0.2) is 0 Å². The first-order chi connectivity index (χ1) is 12.5. The second-order valence-electron chi connectivity index (χ2n) is 6.26. The summed E-state index contributed by atoms with van der Waals surface area (Å²) in [6, 6.07) is 14.8. The highest BCUT2D eigenvalue weighted by molar-refractivity contribution is 6.30. The number of nitrogens with one attached hydrogen (secondary N) is 2. The number of ether oxygens (including phenoxy) is 1. The van der Waals surface area contributed by atoms with Crippen molar-refractivity contribution in [2.45, 2.75) is 19.6 Å². The molecule has 1 aromatic heterocycles. The molecule has 1 heterocycles. The van der Waals surface area contributed by atoms with Gasteiger partial charge in [-0.05, 0) is 54.3 Å². The Morgan fingerprint density at radius 2 is 1.96 bits per heavy atom. The Balaban J connectivity index is 1.51. The van der Waals surface area contributed by atoms with Crippen LogP contribution in [0.5, 0.6) is 5.75 Å². The number of aliphatic hydroxyl groups excluding tert-OH is 1. The van der Waals surface area contributed by atoms with Crippen LogP contribution in [-0.2, 0) is 6.54 Å². The van der Waals surface area contributed by atoms with Crippen molar-refractivity contribution >= 4 is 22.5 Å². The third-order valence-electron chi connectivity index (χ3n) is 4.03. The van der Waals surface area contributed by atoms with E-state index in [0.29, 0.717) is 29.4 Å². The number of aromatic nitrogens is 1. The summed E-state index contributed by atoms with van der Waals surface area (Å²) in [7, 11) is 0. The van der Waals surface area contributed by atoms with Crippen LogP contribution in [-0.4, -0.2) is 29.3 Å². The van der Waals surface area contributed by atoms with Gasteiger partial charge in [-0.2, -0.15) is 0 Å². The lowest BCUT2D eigenvalue weighted by Crippen LogP contribution is -2.32. The molecule has 1 atom stereocenters. The predicted octanol–water partition coefficient (Wildman–Crippen LogP) is 3.02. The molecule has 136 valence electrons. The Hall–Kier alpha value is -2.34. The molecule has 0 radical (unpaired) electrons. The molecule has 0 aliphatic heterocycles. The van der Waals surface area contributed by atoms with Crippen molar-refractivity contribution in [3.63, 3.8) is 0 Å². The van der Waals surface area contributed by atoms with Crippen LogP contribution in [0, 0.1) is 6.92 Å². The van der Waals surface area contributed by atoms with E-state index in [0.717, 1.165) is 16.5 Å². The fraction of sp³-hybridized carbons (Fsp3) is 0.250. The van der Waals surface area contributed by atoms with E-state index in [-0.39, 0.29) is 12.2 Å². The van der Waals surface area contributed by atoms with Crippen LogP contribution >= 0.6 is 11.6 Å². The minimum atomic E-state index is -0.687. The fourth-order valence-electron chi connectivity index (χ4n) is 2.65. The maximum absolute atomic E-state index is 12.2. The molecule has 0 unspecified atom stereocenters. The van der Waals surface area contributed by atoms with E-state index in [1.807, 2.05) is 31.2 Å². The zero-order valence-electron chi connectivity index (χ0n) is 14.5. The van der Waals surface area contributed by atoms with Crippen molar-refractivity contribution in [3.05, 3.63) is 75.0 Å². The van der Waals surface area contributed by atoms with E-state index < -0.39 is 6.10 Å². The molecule has 3 N–H and O–H groups in total. The summed E-state index contributed by atoms with van der Waals surface area (Å²) in [4.78, 5) is 15.1. The minimum Gasteiger partial charge on any atom is -0.491 e. The van der Waals surface area contributed by atoms with Crippen LogP contribution in [0.3, 0.4) is 0 Å². The normalized spacial score (nSPS) is 12.3. The van der Waals surface area contributed by atoms with E-state index in [2.05, 4.69) is 10.3 Å². The number of hydrogen-bond acceptors (Lipinski definition) is 4. The summed E-state index contributed by atoms with van der Waals surface area (Å²) >= 11 is 5.81. The fourth-order valence-corrected chi connectivity index (χ4v) is 2.77. The molecule has 2 aromatic carbocycles. The van der Waals surface area contributed by atoms with Crippen molar-refractivity contribution in [2.75, 3.05) is 13.2 Å². The molecule has 0 fully saturated rings. The molecule has 26 heavy (non-hydrogen) atoms. The summed E-state index contributed by atoms with van der Waals surface area (Å²) < 4.78 is 5.50. The van der Waals surface area contributed by atoms with Crippen LogP contribution in [0.2, 0.25) is 5.02 Å². The number of fused-ring (bicyclic) bond motifs is 1. The van der Waals surface area contributed by atoms with Crippen LogP contribution in [0.25, 0.3) is 10.9 Å². The molecule has 0 bridgehead atoms. The van der Waals surface area contributed by atoms with Crippen molar-refractivity contribution in [2.24, 2.45) is 0 Å². The van der Waals surface area contributed by atoms with E-state index in [9.17, 15) is 9.90 Å². The first kappa shape index (κ1) is 18.5. The topological polar surface area (TPSA) is 74.3 Å². The number of hydrogen-bond donors (Lipinski definition) is 3. The van der Waals surface area contributed by atoms with Gasteiger partial charge in [-0.15, -0.1) is 0 Å². The van der Waals surface area contributed by atoms with E-state index in [4.69, 9.17) is 16.3 Å². The number of pyridine rings is 1.